The zero-order valence-electron chi connectivity index (χ0n) is 15.8. The fraction of sp³-hybridized carbons (Fsp3) is 0.0417. The molecule has 6 heteroatoms. The van der Waals surface area contributed by atoms with E-state index in [1.807, 2.05) is 60.7 Å². The lowest BCUT2D eigenvalue weighted by molar-refractivity contribution is 0.290. The fourth-order valence-corrected chi connectivity index (χ4v) is 3.00. The Morgan fingerprint density at radius 3 is 2.30 bits per heavy atom. The molecule has 0 fully saturated rings. The van der Waals surface area contributed by atoms with Gasteiger partial charge in [-0.1, -0.05) is 60.7 Å². The molecule has 30 heavy (non-hydrogen) atoms. The van der Waals surface area contributed by atoms with Crippen molar-refractivity contribution in [3.05, 3.63) is 101 Å². The summed E-state index contributed by atoms with van der Waals surface area (Å²) >= 11 is 6.12. The molecule has 0 radical (unpaired) electrons. The zero-order valence-corrected chi connectivity index (χ0v) is 16.6. The van der Waals surface area contributed by atoms with Crippen LogP contribution in [0.1, 0.15) is 11.1 Å². The van der Waals surface area contributed by atoms with Gasteiger partial charge in [0.25, 0.3) is 0 Å². The molecule has 5 nitrogen and oxygen atoms in total. The average molecular weight is 414 g/mol. The molecule has 1 aromatic heterocycles. The Balaban J connectivity index is 1.63. The number of benzene rings is 3. The molecule has 3 aromatic carbocycles. The third-order valence-electron chi connectivity index (χ3n) is 4.27. The largest absolute Gasteiger partial charge is 0.485 e. The van der Waals surface area contributed by atoms with E-state index in [0.717, 1.165) is 11.1 Å². The van der Waals surface area contributed by atoms with Crippen LogP contribution in [-0.2, 0) is 6.61 Å². The lowest BCUT2D eigenvalue weighted by Crippen LogP contribution is -1.99. The van der Waals surface area contributed by atoms with E-state index in [2.05, 4.69) is 16.0 Å². The Morgan fingerprint density at radius 1 is 0.833 bits per heavy atom. The van der Waals surface area contributed by atoms with E-state index in [4.69, 9.17) is 21.1 Å². The SMILES string of the molecule is N#Cc1ccc(OCc2ccccc2)c(Oc2cc(-c3ccccc3)nc(Cl)n2)c1. The highest BCUT2D eigenvalue weighted by Gasteiger charge is 2.12. The van der Waals surface area contributed by atoms with Crippen LogP contribution in [0.4, 0.5) is 0 Å². The first-order chi connectivity index (χ1) is 14.7. The first-order valence-corrected chi connectivity index (χ1v) is 9.58. The van der Waals surface area contributed by atoms with E-state index < -0.39 is 0 Å². The molecule has 0 bridgehead atoms. The summed E-state index contributed by atoms with van der Waals surface area (Å²) in [6.07, 6.45) is 0. The summed E-state index contributed by atoms with van der Waals surface area (Å²) in [6.45, 7) is 0.364. The Bertz CT molecular complexity index is 1190. The van der Waals surface area contributed by atoms with Gasteiger partial charge in [-0.3, -0.25) is 0 Å². The van der Waals surface area contributed by atoms with Crippen molar-refractivity contribution < 1.29 is 9.47 Å². The highest BCUT2D eigenvalue weighted by Crippen LogP contribution is 2.34. The number of ether oxygens (including phenoxy) is 2. The van der Waals surface area contributed by atoms with E-state index in [-0.39, 0.29) is 11.2 Å². The highest BCUT2D eigenvalue weighted by atomic mass is 35.5. The summed E-state index contributed by atoms with van der Waals surface area (Å²) in [5, 5.41) is 9.34. The topological polar surface area (TPSA) is 68.0 Å². The quantitative estimate of drug-likeness (QED) is 0.360. The van der Waals surface area contributed by atoms with Crippen molar-refractivity contribution >= 4 is 11.6 Å². The fourth-order valence-electron chi connectivity index (χ4n) is 2.83. The molecule has 0 aliphatic carbocycles. The Morgan fingerprint density at radius 2 is 1.57 bits per heavy atom. The minimum Gasteiger partial charge on any atom is -0.485 e. The van der Waals surface area contributed by atoms with Gasteiger partial charge in [-0.25, -0.2) is 4.98 Å². The Labute approximate surface area is 179 Å². The van der Waals surface area contributed by atoms with Crippen LogP contribution in [-0.4, -0.2) is 9.97 Å². The van der Waals surface area contributed by atoms with E-state index in [1.54, 1.807) is 24.3 Å². The number of hydrogen-bond donors (Lipinski definition) is 0. The lowest BCUT2D eigenvalue weighted by Gasteiger charge is -2.13. The van der Waals surface area contributed by atoms with Crippen LogP contribution in [0.15, 0.2) is 84.9 Å². The van der Waals surface area contributed by atoms with Crippen molar-refractivity contribution in [3.63, 3.8) is 0 Å². The van der Waals surface area contributed by atoms with Gasteiger partial charge in [-0.2, -0.15) is 10.2 Å². The predicted octanol–water partition coefficient (Wildman–Crippen LogP) is 6.04. The smallest absolute Gasteiger partial charge is 0.226 e. The van der Waals surface area contributed by atoms with Crippen LogP contribution in [0, 0.1) is 11.3 Å². The van der Waals surface area contributed by atoms with Crippen LogP contribution in [0.5, 0.6) is 17.4 Å². The molecule has 0 N–H and O–H groups in total. The van der Waals surface area contributed by atoms with Gasteiger partial charge >= 0.3 is 0 Å². The maximum Gasteiger partial charge on any atom is 0.226 e. The molecule has 0 atom stereocenters. The monoisotopic (exact) mass is 413 g/mol. The minimum atomic E-state index is 0.0644. The van der Waals surface area contributed by atoms with Crippen LogP contribution < -0.4 is 9.47 Å². The van der Waals surface area contributed by atoms with Crippen molar-refractivity contribution in [2.24, 2.45) is 0 Å². The van der Waals surface area contributed by atoms with Crippen LogP contribution in [0.2, 0.25) is 5.28 Å². The molecular formula is C24H16ClN3O2. The molecule has 0 saturated heterocycles. The Hall–Kier alpha value is -3.88. The van der Waals surface area contributed by atoms with E-state index >= 15 is 0 Å². The van der Waals surface area contributed by atoms with Gasteiger partial charge in [0, 0.05) is 17.7 Å². The molecule has 1 heterocycles. The molecule has 0 aliphatic rings. The van der Waals surface area contributed by atoms with Crippen LogP contribution in [0.25, 0.3) is 11.3 Å². The summed E-state index contributed by atoms with van der Waals surface area (Å²) in [7, 11) is 0. The van der Waals surface area contributed by atoms with Crippen molar-refractivity contribution in [2.75, 3.05) is 0 Å². The van der Waals surface area contributed by atoms with Crippen molar-refractivity contribution in [3.8, 4) is 34.7 Å². The van der Waals surface area contributed by atoms with Crippen molar-refractivity contribution in [1.82, 2.24) is 9.97 Å². The van der Waals surface area contributed by atoms with E-state index in [1.165, 1.54) is 0 Å². The number of nitriles is 1. The lowest BCUT2D eigenvalue weighted by atomic mass is 10.1. The van der Waals surface area contributed by atoms with Crippen molar-refractivity contribution in [1.29, 1.82) is 5.26 Å². The second kappa shape index (κ2) is 9.08. The predicted molar refractivity (Wildman–Crippen MR) is 114 cm³/mol. The van der Waals surface area contributed by atoms with Gasteiger partial charge < -0.3 is 9.47 Å². The van der Waals surface area contributed by atoms with Gasteiger partial charge in [-0.15, -0.1) is 0 Å². The molecule has 0 unspecified atom stereocenters. The third-order valence-corrected chi connectivity index (χ3v) is 4.44. The second-order valence-electron chi connectivity index (χ2n) is 6.38. The summed E-state index contributed by atoms with van der Waals surface area (Å²) in [4.78, 5) is 8.43. The number of halogens is 1. The summed E-state index contributed by atoms with van der Waals surface area (Å²) in [5.74, 6) is 1.13. The average Bonchev–Trinajstić information content (AvgIpc) is 2.79. The second-order valence-corrected chi connectivity index (χ2v) is 6.71. The highest BCUT2D eigenvalue weighted by molar-refractivity contribution is 6.28. The molecule has 4 aromatic rings. The molecule has 0 spiro atoms. The number of nitrogens with zero attached hydrogens (tertiary/aromatic N) is 3. The first-order valence-electron chi connectivity index (χ1n) is 9.20. The maximum atomic E-state index is 9.27. The van der Waals surface area contributed by atoms with Gasteiger partial charge in [0.05, 0.1) is 17.3 Å². The number of aromatic nitrogens is 2. The molecule has 0 amide bonds. The summed E-state index contributed by atoms with van der Waals surface area (Å²) in [5.41, 5.74) is 2.98. The standard InChI is InChI=1S/C24H16ClN3O2/c25-24-27-20(19-9-5-2-6-10-19)14-23(28-24)30-22-13-18(15-26)11-12-21(22)29-16-17-7-3-1-4-8-17/h1-14H,16H2. The van der Waals surface area contributed by atoms with Crippen molar-refractivity contribution in [2.45, 2.75) is 6.61 Å². The molecule has 4 rings (SSSR count). The van der Waals surface area contributed by atoms with Crippen LogP contribution >= 0.6 is 11.6 Å². The summed E-state index contributed by atoms with van der Waals surface area (Å²) < 4.78 is 11.9. The Kier molecular flexibility index (Phi) is 5.88. The zero-order chi connectivity index (χ0) is 20.8. The first kappa shape index (κ1) is 19.4. The van der Waals surface area contributed by atoms with Gasteiger partial charge in [0.15, 0.2) is 11.5 Å². The van der Waals surface area contributed by atoms with Gasteiger partial charge in [0.1, 0.15) is 6.61 Å². The molecule has 146 valence electrons. The maximum absolute atomic E-state index is 9.27. The van der Waals surface area contributed by atoms with E-state index in [9.17, 15) is 5.26 Å². The molecule has 0 aliphatic heterocycles. The van der Waals surface area contributed by atoms with Gasteiger partial charge in [0.2, 0.25) is 11.2 Å². The minimum absolute atomic E-state index is 0.0644. The van der Waals surface area contributed by atoms with Crippen LogP contribution in [0.3, 0.4) is 0 Å². The number of rotatable bonds is 6. The van der Waals surface area contributed by atoms with Gasteiger partial charge in [-0.05, 0) is 29.3 Å². The number of hydrogen-bond acceptors (Lipinski definition) is 5. The third kappa shape index (κ3) is 4.75. The summed E-state index contributed by atoms with van der Waals surface area (Å²) in [6, 6.07) is 28.2. The molecular weight excluding hydrogens is 398 g/mol. The normalized spacial score (nSPS) is 10.3. The molecule has 0 saturated carbocycles. The van der Waals surface area contributed by atoms with E-state index in [0.29, 0.717) is 29.4 Å².